The van der Waals surface area contributed by atoms with Crippen LogP contribution in [0.1, 0.15) is 18.4 Å². The van der Waals surface area contributed by atoms with E-state index < -0.39 is 17.3 Å². The van der Waals surface area contributed by atoms with Gasteiger partial charge >= 0.3 is 6.18 Å². The lowest BCUT2D eigenvalue weighted by molar-refractivity contribution is -0.137. The van der Waals surface area contributed by atoms with Gasteiger partial charge in [0, 0.05) is 10.2 Å². The fourth-order valence-electron chi connectivity index (χ4n) is 1.63. The number of halogens is 4. The Kier molecular flexibility index (Phi) is 3.12. The van der Waals surface area contributed by atoms with E-state index in [-0.39, 0.29) is 12.3 Å². The van der Waals surface area contributed by atoms with Crippen LogP contribution in [0.4, 0.5) is 18.9 Å². The third-order valence-corrected chi connectivity index (χ3v) is 3.34. The van der Waals surface area contributed by atoms with E-state index in [0.29, 0.717) is 17.3 Å². The molecular formula is C11H11BrF3NO. The first-order valence-electron chi connectivity index (χ1n) is 5.12. The first-order valence-corrected chi connectivity index (χ1v) is 5.91. The van der Waals surface area contributed by atoms with E-state index in [1.54, 1.807) is 0 Å². The van der Waals surface area contributed by atoms with Crippen LogP contribution in [0.3, 0.4) is 0 Å². The minimum Gasteiger partial charge on any atom is -0.394 e. The summed E-state index contributed by atoms with van der Waals surface area (Å²) < 4.78 is 38.9. The van der Waals surface area contributed by atoms with E-state index in [9.17, 15) is 13.2 Å². The highest BCUT2D eigenvalue weighted by molar-refractivity contribution is 9.10. The van der Waals surface area contributed by atoms with Crippen molar-refractivity contribution in [3.8, 4) is 0 Å². The Balaban J connectivity index is 2.34. The van der Waals surface area contributed by atoms with Crippen molar-refractivity contribution in [1.82, 2.24) is 0 Å². The SMILES string of the molecule is OCC1(Nc2cc(Br)ccc2C(F)(F)F)CC1. The molecule has 0 heterocycles. The second kappa shape index (κ2) is 4.17. The summed E-state index contributed by atoms with van der Waals surface area (Å²) in [4.78, 5) is 0. The van der Waals surface area contributed by atoms with Gasteiger partial charge in [-0.25, -0.2) is 0 Å². The van der Waals surface area contributed by atoms with Gasteiger partial charge in [0.05, 0.1) is 17.7 Å². The summed E-state index contributed by atoms with van der Waals surface area (Å²) in [5.74, 6) is 0. The van der Waals surface area contributed by atoms with Crippen LogP contribution >= 0.6 is 15.9 Å². The van der Waals surface area contributed by atoms with Gasteiger partial charge in [-0.2, -0.15) is 13.2 Å². The van der Waals surface area contributed by atoms with Crippen molar-refractivity contribution in [3.63, 3.8) is 0 Å². The topological polar surface area (TPSA) is 32.3 Å². The number of anilines is 1. The fourth-order valence-corrected chi connectivity index (χ4v) is 1.99. The molecule has 0 aliphatic heterocycles. The van der Waals surface area contributed by atoms with Gasteiger partial charge in [0.1, 0.15) is 0 Å². The van der Waals surface area contributed by atoms with Crippen LogP contribution in [-0.4, -0.2) is 17.3 Å². The van der Waals surface area contributed by atoms with Crippen LogP contribution in [0.15, 0.2) is 22.7 Å². The zero-order chi connectivity index (χ0) is 12.7. The molecule has 0 bridgehead atoms. The Bertz CT molecular complexity index is 429. The quantitative estimate of drug-likeness (QED) is 0.897. The summed E-state index contributed by atoms with van der Waals surface area (Å²) in [6.45, 7) is -0.156. The monoisotopic (exact) mass is 309 g/mol. The van der Waals surface area contributed by atoms with Crippen molar-refractivity contribution in [2.24, 2.45) is 0 Å². The van der Waals surface area contributed by atoms with Crippen molar-refractivity contribution in [1.29, 1.82) is 0 Å². The number of benzene rings is 1. The van der Waals surface area contributed by atoms with Crippen LogP contribution in [0.5, 0.6) is 0 Å². The lowest BCUT2D eigenvalue weighted by Crippen LogP contribution is -2.27. The lowest BCUT2D eigenvalue weighted by Gasteiger charge is -2.20. The zero-order valence-electron chi connectivity index (χ0n) is 8.81. The maximum Gasteiger partial charge on any atom is 0.418 e. The number of rotatable bonds is 3. The van der Waals surface area contributed by atoms with Gasteiger partial charge in [0.2, 0.25) is 0 Å². The number of hydrogen-bond acceptors (Lipinski definition) is 2. The van der Waals surface area contributed by atoms with E-state index in [2.05, 4.69) is 21.2 Å². The third-order valence-electron chi connectivity index (χ3n) is 2.84. The average Bonchev–Trinajstić information content (AvgIpc) is 2.96. The van der Waals surface area contributed by atoms with Crippen LogP contribution in [0.25, 0.3) is 0 Å². The Morgan fingerprint density at radius 1 is 1.35 bits per heavy atom. The van der Waals surface area contributed by atoms with Crippen molar-refractivity contribution in [2.45, 2.75) is 24.6 Å². The van der Waals surface area contributed by atoms with E-state index in [1.165, 1.54) is 12.1 Å². The van der Waals surface area contributed by atoms with Crippen molar-refractivity contribution in [2.75, 3.05) is 11.9 Å². The minimum atomic E-state index is -4.39. The molecule has 1 saturated carbocycles. The molecule has 1 aliphatic rings. The molecule has 0 unspecified atom stereocenters. The van der Waals surface area contributed by atoms with E-state index >= 15 is 0 Å². The van der Waals surface area contributed by atoms with Crippen LogP contribution < -0.4 is 5.32 Å². The first-order chi connectivity index (χ1) is 7.86. The Morgan fingerprint density at radius 2 is 2.00 bits per heavy atom. The number of nitrogens with one attached hydrogen (secondary N) is 1. The van der Waals surface area contributed by atoms with E-state index in [1.807, 2.05) is 0 Å². The summed E-state index contributed by atoms with van der Waals surface area (Å²) >= 11 is 3.14. The molecule has 0 aromatic heterocycles. The third kappa shape index (κ3) is 2.74. The summed E-state index contributed by atoms with van der Waals surface area (Å²) in [6, 6.07) is 3.77. The first kappa shape index (κ1) is 12.7. The molecule has 1 aliphatic carbocycles. The molecule has 2 nitrogen and oxygen atoms in total. The molecule has 0 atom stereocenters. The molecule has 6 heteroatoms. The summed E-state index contributed by atoms with van der Waals surface area (Å²) in [6.07, 6.45) is -3.02. The molecule has 2 N–H and O–H groups in total. The molecule has 2 rings (SSSR count). The highest BCUT2D eigenvalue weighted by atomic mass is 79.9. The van der Waals surface area contributed by atoms with Gasteiger partial charge in [-0.1, -0.05) is 15.9 Å². The Morgan fingerprint density at radius 3 is 2.47 bits per heavy atom. The smallest absolute Gasteiger partial charge is 0.394 e. The second-order valence-corrected chi connectivity index (χ2v) is 5.17. The molecule has 0 amide bonds. The van der Waals surface area contributed by atoms with Crippen LogP contribution in [0, 0.1) is 0 Å². The predicted octanol–water partition coefficient (Wildman–Crippen LogP) is 3.40. The van der Waals surface area contributed by atoms with Crippen LogP contribution in [0.2, 0.25) is 0 Å². The number of aliphatic hydroxyl groups is 1. The van der Waals surface area contributed by atoms with Crippen molar-refractivity contribution >= 4 is 21.6 Å². The summed E-state index contributed by atoms with van der Waals surface area (Å²) in [7, 11) is 0. The van der Waals surface area contributed by atoms with Gasteiger partial charge < -0.3 is 10.4 Å². The molecule has 0 spiro atoms. The second-order valence-electron chi connectivity index (χ2n) is 4.25. The fraction of sp³-hybridized carbons (Fsp3) is 0.455. The number of alkyl halides is 3. The van der Waals surface area contributed by atoms with Gasteiger partial charge in [0.15, 0.2) is 0 Å². The molecule has 0 radical (unpaired) electrons. The molecule has 1 aromatic rings. The highest BCUT2D eigenvalue weighted by Crippen LogP contribution is 2.43. The van der Waals surface area contributed by atoms with Gasteiger partial charge in [-0.05, 0) is 31.0 Å². The molecule has 17 heavy (non-hydrogen) atoms. The minimum absolute atomic E-state index is 0.0124. The maximum absolute atomic E-state index is 12.8. The number of hydrogen-bond donors (Lipinski definition) is 2. The Labute approximate surface area is 105 Å². The van der Waals surface area contributed by atoms with Gasteiger partial charge in [-0.15, -0.1) is 0 Å². The molecule has 0 saturated heterocycles. The van der Waals surface area contributed by atoms with E-state index in [4.69, 9.17) is 5.11 Å². The van der Waals surface area contributed by atoms with E-state index in [0.717, 1.165) is 6.07 Å². The standard InChI is InChI=1S/C11H11BrF3NO/c12-7-1-2-8(11(13,14)15)9(5-7)16-10(6-17)3-4-10/h1-2,5,16-17H,3-4,6H2. The normalized spacial score (nSPS) is 17.9. The predicted molar refractivity (Wildman–Crippen MR) is 61.8 cm³/mol. The average molecular weight is 310 g/mol. The van der Waals surface area contributed by atoms with Crippen molar-refractivity contribution in [3.05, 3.63) is 28.2 Å². The molecule has 1 fully saturated rings. The van der Waals surface area contributed by atoms with Gasteiger partial charge in [0.25, 0.3) is 0 Å². The zero-order valence-corrected chi connectivity index (χ0v) is 10.4. The molecular weight excluding hydrogens is 299 g/mol. The lowest BCUT2D eigenvalue weighted by atomic mass is 10.1. The number of aliphatic hydroxyl groups excluding tert-OH is 1. The largest absolute Gasteiger partial charge is 0.418 e. The van der Waals surface area contributed by atoms with Gasteiger partial charge in [-0.3, -0.25) is 0 Å². The summed E-state index contributed by atoms with van der Waals surface area (Å²) in [5, 5.41) is 11.9. The summed E-state index contributed by atoms with van der Waals surface area (Å²) in [5.41, 5.74) is -1.26. The molecule has 94 valence electrons. The molecule has 1 aromatic carbocycles. The highest BCUT2D eigenvalue weighted by Gasteiger charge is 2.44. The Hall–Kier alpha value is -0.750. The van der Waals surface area contributed by atoms with Crippen LogP contribution in [-0.2, 0) is 6.18 Å². The maximum atomic E-state index is 12.8. The van der Waals surface area contributed by atoms with Crippen molar-refractivity contribution < 1.29 is 18.3 Å².